The summed E-state index contributed by atoms with van der Waals surface area (Å²) in [6.07, 6.45) is 9.16. The molecule has 1 aromatic carbocycles. The van der Waals surface area contributed by atoms with Crippen molar-refractivity contribution in [2.24, 2.45) is 0 Å². The summed E-state index contributed by atoms with van der Waals surface area (Å²) in [5, 5.41) is 2.81. The highest BCUT2D eigenvalue weighted by Gasteiger charge is 2.06. The molecule has 0 fully saturated rings. The molecular formula is C18H20N2O2. The van der Waals surface area contributed by atoms with E-state index in [2.05, 4.69) is 10.3 Å². The van der Waals surface area contributed by atoms with Crippen molar-refractivity contribution in [3.05, 3.63) is 66.1 Å². The van der Waals surface area contributed by atoms with Gasteiger partial charge in [-0.2, -0.15) is 0 Å². The van der Waals surface area contributed by atoms with Gasteiger partial charge in [-0.1, -0.05) is 35.9 Å². The lowest BCUT2D eigenvalue weighted by Gasteiger charge is -1.99. The average Bonchev–Trinajstić information content (AvgIpc) is 2.97. The van der Waals surface area contributed by atoms with Crippen LogP contribution in [0.4, 0.5) is 0 Å². The van der Waals surface area contributed by atoms with Gasteiger partial charge in [-0.25, -0.2) is 4.98 Å². The third-order valence-electron chi connectivity index (χ3n) is 3.08. The van der Waals surface area contributed by atoms with Gasteiger partial charge in [0.05, 0.1) is 5.69 Å². The van der Waals surface area contributed by atoms with Crippen molar-refractivity contribution in [1.82, 2.24) is 10.3 Å². The Bertz CT molecular complexity index is 667. The monoisotopic (exact) mass is 296 g/mol. The maximum Gasteiger partial charge on any atom is 0.243 e. The van der Waals surface area contributed by atoms with Crippen LogP contribution in [0.1, 0.15) is 18.2 Å². The molecule has 0 aliphatic heterocycles. The molecule has 0 atom stereocenters. The van der Waals surface area contributed by atoms with Gasteiger partial charge in [0.25, 0.3) is 0 Å². The third kappa shape index (κ3) is 4.74. The summed E-state index contributed by atoms with van der Waals surface area (Å²) in [7, 11) is 0. The Morgan fingerprint density at radius 3 is 2.77 bits per heavy atom. The number of carbonyl (C=O) groups is 1. The van der Waals surface area contributed by atoms with Gasteiger partial charge in [-0.3, -0.25) is 4.79 Å². The van der Waals surface area contributed by atoms with Crippen LogP contribution in [0.2, 0.25) is 0 Å². The smallest absolute Gasteiger partial charge is 0.243 e. The molecule has 1 aromatic heterocycles. The Morgan fingerprint density at radius 1 is 1.27 bits per heavy atom. The molecule has 2 rings (SSSR count). The molecule has 0 bridgehead atoms. The summed E-state index contributed by atoms with van der Waals surface area (Å²) < 4.78 is 5.48. The maximum absolute atomic E-state index is 11.5. The number of carbonyl (C=O) groups excluding carboxylic acids is 1. The van der Waals surface area contributed by atoms with Crippen LogP contribution in [0.3, 0.4) is 0 Å². The molecule has 2 aromatic rings. The molecule has 1 heterocycles. The van der Waals surface area contributed by atoms with E-state index in [4.69, 9.17) is 4.42 Å². The number of benzene rings is 1. The number of aromatic nitrogens is 1. The first-order chi connectivity index (χ1) is 10.7. The van der Waals surface area contributed by atoms with Crippen LogP contribution in [0.5, 0.6) is 0 Å². The zero-order valence-corrected chi connectivity index (χ0v) is 12.9. The Balaban J connectivity index is 1.85. The van der Waals surface area contributed by atoms with Gasteiger partial charge in [0.2, 0.25) is 11.8 Å². The molecule has 0 saturated carbocycles. The molecule has 0 aliphatic carbocycles. The Hall–Kier alpha value is -2.62. The van der Waals surface area contributed by atoms with Crippen molar-refractivity contribution in [2.45, 2.75) is 20.3 Å². The fourth-order valence-corrected chi connectivity index (χ4v) is 1.88. The van der Waals surface area contributed by atoms with Gasteiger partial charge in [0.15, 0.2) is 0 Å². The van der Waals surface area contributed by atoms with Gasteiger partial charge in [0.1, 0.15) is 6.26 Å². The van der Waals surface area contributed by atoms with Crippen molar-refractivity contribution < 1.29 is 9.21 Å². The molecule has 22 heavy (non-hydrogen) atoms. The largest absolute Gasteiger partial charge is 0.444 e. The molecule has 0 saturated heterocycles. The van der Waals surface area contributed by atoms with Crippen LogP contribution in [-0.4, -0.2) is 17.4 Å². The fraction of sp³-hybridized carbons (Fsp3) is 0.222. The molecule has 4 nitrogen and oxygen atoms in total. The van der Waals surface area contributed by atoms with Gasteiger partial charge in [-0.15, -0.1) is 0 Å². The number of hydrogen-bond donors (Lipinski definition) is 1. The number of nitrogens with one attached hydrogen (secondary N) is 1. The topological polar surface area (TPSA) is 55.1 Å². The lowest BCUT2D eigenvalue weighted by atomic mass is 10.1. The predicted octanol–water partition coefficient (Wildman–Crippen LogP) is 3.44. The summed E-state index contributed by atoms with van der Waals surface area (Å²) in [6.45, 7) is 4.47. The number of rotatable bonds is 6. The second-order valence-electron chi connectivity index (χ2n) is 4.94. The molecule has 114 valence electrons. The van der Waals surface area contributed by atoms with E-state index in [1.807, 2.05) is 50.3 Å². The second-order valence-corrected chi connectivity index (χ2v) is 4.94. The second kappa shape index (κ2) is 7.98. The van der Waals surface area contributed by atoms with Gasteiger partial charge in [0, 0.05) is 24.6 Å². The van der Waals surface area contributed by atoms with E-state index >= 15 is 0 Å². The van der Waals surface area contributed by atoms with Crippen LogP contribution in [0.25, 0.3) is 11.5 Å². The van der Waals surface area contributed by atoms with Crippen molar-refractivity contribution in [3.8, 4) is 11.5 Å². The quantitative estimate of drug-likeness (QED) is 0.656. The van der Waals surface area contributed by atoms with Crippen molar-refractivity contribution in [1.29, 1.82) is 0 Å². The van der Waals surface area contributed by atoms with Crippen molar-refractivity contribution in [3.63, 3.8) is 0 Å². The number of aryl methyl sites for hydroxylation is 1. The van der Waals surface area contributed by atoms with Crippen LogP contribution in [0, 0.1) is 6.92 Å². The Labute approximate surface area is 130 Å². The first kappa shape index (κ1) is 15.8. The Kier molecular flexibility index (Phi) is 5.72. The highest BCUT2D eigenvalue weighted by molar-refractivity contribution is 5.87. The SMILES string of the molecule is C/C=C/C=C/C(=O)NCCc1coc(-c2ccc(C)cc2)n1. The lowest BCUT2D eigenvalue weighted by Crippen LogP contribution is -2.23. The minimum absolute atomic E-state index is 0.111. The van der Waals surface area contributed by atoms with Crippen molar-refractivity contribution >= 4 is 5.91 Å². The van der Waals surface area contributed by atoms with E-state index in [1.54, 1.807) is 12.3 Å². The van der Waals surface area contributed by atoms with Crippen LogP contribution >= 0.6 is 0 Å². The van der Waals surface area contributed by atoms with Gasteiger partial charge >= 0.3 is 0 Å². The number of nitrogens with zero attached hydrogens (tertiary/aromatic N) is 1. The van der Waals surface area contributed by atoms with E-state index < -0.39 is 0 Å². The molecular weight excluding hydrogens is 276 g/mol. The first-order valence-electron chi connectivity index (χ1n) is 7.27. The fourth-order valence-electron chi connectivity index (χ4n) is 1.88. The molecule has 1 amide bonds. The first-order valence-corrected chi connectivity index (χ1v) is 7.27. The average molecular weight is 296 g/mol. The van der Waals surface area contributed by atoms with Crippen molar-refractivity contribution in [2.75, 3.05) is 6.54 Å². The normalized spacial score (nSPS) is 11.4. The standard InChI is InChI=1S/C18H20N2O2/c1-3-4-5-6-17(21)19-12-11-16-13-22-18(20-16)15-9-7-14(2)8-10-15/h3-10,13H,11-12H2,1-2H3,(H,19,21)/b4-3+,6-5+. The van der Waals surface area contributed by atoms with Crippen LogP contribution in [0.15, 0.2) is 59.2 Å². The van der Waals surface area contributed by atoms with E-state index in [0.717, 1.165) is 11.3 Å². The summed E-state index contributed by atoms with van der Waals surface area (Å²) in [6, 6.07) is 8.02. The van der Waals surface area contributed by atoms with E-state index in [9.17, 15) is 4.79 Å². The Morgan fingerprint density at radius 2 is 2.05 bits per heavy atom. The molecule has 1 N–H and O–H groups in total. The zero-order chi connectivity index (χ0) is 15.8. The van der Waals surface area contributed by atoms with Gasteiger partial charge < -0.3 is 9.73 Å². The van der Waals surface area contributed by atoms with Crippen LogP contribution in [-0.2, 0) is 11.2 Å². The maximum atomic E-state index is 11.5. The lowest BCUT2D eigenvalue weighted by molar-refractivity contribution is -0.116. The molecule has 0 unspecified atom stereocenters. The third-order valence-corrected chi connectivity index (χ3v) is 3.08. The molecule has 0 aliphatic rings. The minimum atomic E-state index is -0.111. The number of hydrogen-bond acceptors (Lipinski definition) is 3. The summed E-state index contributed by atoms with van der Waals surface area (Å²) in [4.78, 5) is 15.9. The van der Waals surface area contributed by atoms with E-state index in [1.165, 1.54) is 11.6 Å². The van der Waals surface area contributed by atoms with Gasteiger partial charge in [-0.05, 0) is 26.0 Å². The summed E-state index contributed by atoms with van der Waals surface area (Å²) >= 11 is 0. The number of amides is 1. The predicted molar refractivity (Wildman–Crippen MR) is 87.3 cm³/mol. The highest BCUT2D eigenvalue weighted by atomic mass is 16.3. The minimum Gasteiger partial charge on any atom is -0.444 e. The summed E-state index contributed by atoms with van der Waals surface area (Å²) in [5.41, 5.74) is 2.98. The molecule has 0 spiro atoms. The van der Waals surface area contributed by atoms with Crippen LogP contribution < -0.4 is 5.32 Å². The van der Waals surface area contributed by atoms with E-state index in [-0.39, 0.29) is 5.91 Å². The zero-order valence-electron chi connectivity index (χ0n) is 12.9. The highest BCUT2D eigenvalue weighted by Crippen LogP contribution is 2.19. The van der Waals surface area contributed by atoms with E-state index in [0.29, 0.717) is 18.9 Å². The summed E-state index contributed by atoms with van der Waals surface area (Å²) in [5.74, 6) is 0.495. The molecule has 0 radical (unpaired) electrons. The molecule has 4 heteroatoms. The number of oxazole rings is 1. The number of allylic oxidation sites excluding steroid dienone is 3.